The predicted octanol–water partition coefficient (Wildman–Crippen LogP) is 3.81. The van der Waals surface area contributed by atoms with Crippen molar-refractivity contribution in [3.05, 3.63) is 16.0 Å². The van der Waals surface area contributed by atoms with Crippen LogP contribution in [0.15, 0.2) is 0 Å². The van der Waals surface area contributed by atoms with Gasteiger partial charge in [-0.05, 0) is 44.6 Å². The Labute approximate surface area is 165 Å². The number of ether oxygens (including phenoxy) is 1. The summed E-state index contributed by atoms with van der Waals surface area (Å²) in [6.07, 6.45) is 2.33. The number of hydrogen-bond donors (Lipinski definition) is 2. The molecule has 2 rings (SSSR count). The van der Waals surface area contributed by atoms with Crippen LogP contribution in [0.4, 0.5) is 5.00 Å². The van der Waals surface area contributed by atoms with Crippen LogP contribution in [-0.4, -0.2) is 29.9 Å². The highest BCUT2D eigenvalue weighted by molar-refractivity contribution is 7.16. The molecule has 1 saturated carbocycles. The van der Waals surface area contributed by atoms with E-state index < -0.39 is 12.1 Å². The number of esters is 1. The Morgan fingerprint density at radius 1 is 1.19 bits per heavy atom. The maximum atomic E-state index is 12.7. The first-order valence-electron chi connectivity index (χ1n) is 9.50. The first kappa shape index (κ1) is 21.4. The van der Waals surface area contributed by atoms with Crippen LogP contribution in [-0.2, 0) is 14.3 Å². The highest BCUT2D eigenvalue weighted by atomic mass is 32.1. The molecule has 27 heavy (non-hydrogen) atoms. The minimum absolute atomic E-state index is 0.113. The Kier molecular flexibility index (Phi) is 7.03. The number of amides is 2. The lowest BCUT2D eigenvalue weighted by Gasteiger charge is -2.35. The minimum atomic E-state index is -0.897. The van der Waals surface area contributed by atoms with E-state index in [0.29, 0.717) is 22.4 Å². The number of aryl methyl sites for hydroxylation is 1. The summed E-state index contributed by atoms with van der Waals surface area (Å²) in [5.41, 5.74) is 1.09. The first-order valence-corrected chi connectivity index (χ1v) is 10.3. The van der Waals surface area contributed by atoms with Crippen LogP contribution in [0.1, 0.15) is 67.8 Å². The second kappa shape index (κ2) is 8.87. The number of carbonyl (C=O) groups excluding carboxylic acids is 3. The molecule has 1 aliphatic carbocycles. The van der Waals surface area contributed by atoms with Crippen LogP contribution >= 0.6 is 11.3 Å². The summed E-state index contributed by atoms with van der Waals surface area (Å²) in [6, 6.07) is 0.113. The summed E-state index contributed by atoms with van der Waals surface area (Å²) in [4.78, 5) is 37.5. The van der Waals surface area contributed by atoms with Crippen molar-refractivity contribution in [2.75, 3.05) is 5.32 Å². The van der Waals surface area contributed by atoms with E-state index in [1.807, 2.05) is 13.8 Å². The Bertz CT molecular complexity index is 728. The molecule has 1 aliphatic rings. The molecule has 0 saturated heterocycles. The monoisotopic (exact) mass is 394 g/mol. The van der Waals surface area contributed by atoms with Crippen molar-refractivity contribution >= 4 is 34.1 Å². The maximum Gasteiger partial charge on any atom is 0.342 e. The molecular formula is C20H30N2O4S. The molecule has 1 aromatic rings. The van der Waals surface area contributed by atoms with Gasteiger partial charge in [0.1, 0.15) is 5.00 Å². The number of hydrogen-bond acceptors (Lipinski definition) is 5. The van der Waals surface area contributed by atoms with Gasteiger partial charge in [-0.3, -0.25) is 9.59 Å². The average Bonchev–Trinajstić information content (AvgIpc) is 2.85. The summed E-state index contributed by atoms with van der Waals surface area (Å²) in [6.45, 7) is 11.0. The second-order valence-electron chi connectivity index (χ2n) is 7.60. The van der Waals surface area contributed by atoms with E-state index in [1.54, 1.807) is 6.92 Å². The van der Waals surface area contributed by atoms with Gasteiger partial charge in [-0.15, -0.1) is 11.3 Å². The molecule has 0 unspecified atom stereocenters. The van der Waals surface area contributed by atoms with Crippen LogP contribution < -0.4 is 10.6 Å². The van der Waals surface area contributed by atoms with Crippen LogP contribution in [0, 0.1) is 25.7 Å². The third-order valence-electron chi connectivity index (χ3n) is 5.57. The van der Waals surface area contributed by atoms with Gasteiger partial charge < -0.3 is 15.4 Å². The quantitative estimate of drug-likeness (QED) is 0.744. The van der Waals surface area contributed by atoms with Gasteiger partial charge in [-0.1, -0.05) is 26.7 Å². The lowest BCUT2D eigenvalue weighted by Crippen LogP contribution is -2.47. The molecule has 150 valence electrons. The molecule has 0 spiro atoms. The van der Waals surface area contributed by atoms with Crippen LogP contribution in [0.2, 0.25) is 0 Å². The minimum Gasteiger partial charge on any atom is -0.449 e. The van der Waals surface area contributed by atoms with Gasteiger partial charge in [0.15, 0.2) is 6.10 Å². The van der Waals surface area contributed by atoms with Crippen molar-refractivity contribution in [1.82, 2.24) is 5.32 Å². The summed E-state index contributed by atoms with van der Waals surface area (Å²) in [5.74, 6) is -0.151. The van der Waals surface area contributed by atoms with Crippen molar-refractivity contribution in [2.24, 2.45) is 11.8 Å². The van der Waals surface area contributed by atoms with E-state index in [-0.39, 0.29) is 17.9 Å². The SMILES string of the molecule is CC(=O)Nc1sc(C)c(C)c1C(=O)O[C@@H](C)C(=O)N[C@H]1CCC[C@H](C)[C@@H]1C. The zero-order valence-electron chi connectivity index (χ0n) is 17.0. The van der Waals surface area contributed by atoms with Crippen molar-refractivity contribution in [3.8, 4) is 0 Å². The van der Waals surface area contributed by atoms with Crippen molar-refractivity contribution in [1.29, 1.82) is 0 Å². The molecule has 4 atom stereocenters. The summed E-state index contributed by atoms with van der Waals surface area (Å²) in [7, 11) is 0. The van der Waals surface area contributed by atoms with Gasteiger partial charge in [-0.25, -0.2) is 4.79 Å². The fourth-order valence-corrected chi connectivity index (χ4v) is 4.57. The average molecular weight is 395 g/mol. The highest BCUT2D eigenvalue weighted by Gasteiger charge is 2.31. The largest absolute Gasteiger partial charge is 0.449 e. The van der Waals surface area contributed by atoms with Gasteiger partial charge in [0, 0.05) is 17.8 Å². The number of thiophene rings is 1. The van der Waals surface area contributed by atoms with E-state index >= 15 is 0 Å². The Morgan fingerprint density at radius 3 is 2.48 bits per heavy atom. The van der Waals surface area contributed by atoms with Crippen LogP contribution in [0.25, 0.3) is 0 Å². The summed E-state index contributed by atoms with van der Waals surface area (Å²) >= 11 is 1.33. The van der Waals surface area contributed by atoms with E-state index in [9.17, 15) is 14.4 Å². The van der Waals surface area contributed by atoms with Crippen molar-refractivity contribution < 1.29 is 19.1 Å². The van der Waals surface area contributed by atoms with Crippen molar-refractivity contribution in [3.63, 3.8) is 0 Å². The smallest absolute Gasteiger partial charge is 0.342 e. The molecule has 6 nitrogen and oxygen atoms in total. The van der Waals surface area contributed by atoms with Gasteiger partial charge >= 0.3 is 5.97 Å². The van der Waals surface area contributed by atoms with E-state index in [0.717, 1.165) is 23.3 Å². The summed E-state index contributed by atoms with van der Waals surface area (Å²) < 4.78 is 5.42. The maximum absolute atomic E-state index is 12.7. The fourth-order valence-electron chi connectivity index (χ4n) is 3.48. The van der Waals surface area contributed by atoms with E-state index in [4.69, 9.17) is 4.74 Å². The molecule has 2 N–H and O–H groups in total. The van der Waals surface area contributed by atoms with Crippen LogP contribution in [0.5, 0.6) is 0 Å². The van der Waals surface area contributed by atoms with Gasteiger partial charge in [0.25, 0.3) is 5.91 Å². The van der Waals surface area contributed by atoms with Crippen molar-refractivity contribution in [2.45, 2.75) is 73.0 Å². The second-order valence-corrected chi connectivity index (χ2v) is 8.82. The third-order valence-corrected chi connectivity index (χ3v) is 6.69. The zero-order chi connectivity index (χ0) is 20.3. The molecule has 1 heterocycles. The molecule has 1 fully saturated rings. The van der Waals surface area contributed by atoms with Crippen LogP contribution in [0.3, 0.4) is 0 Å². The Hall–Kier alpha value is -1.89. The number of anilines is 1. The molecule has 0 aliphatic heterocycles. The molecule has 0 bridgehead atoms. The number of carbonyl (C=O) groups is 3. The van der Waals surface area contributed by atoms with E-state index in [2.05, 4.69) is 24.5 Å². The molecule has 2 amide bonds. The molecule has 1 aromatic heterocycles. The number of rotatable bonds is 5. The lowest BCUT2D eigenvalue weighted by atomic mass is 9.78. The predicted molar refractivity (Wildman–Crippen MR) is 107 cm³/mol. The molecule has 0 radical (unpaired) electrons. The molecule has 7 heteroatoms. The topological polar surface area (TPSA) is 84.5 Å². The van der Waals surface area contributed by atoms with Gasteiger partial charge in [-0.2, -0.15) is 0 Å². The standard InChI is InChI=1S/C20H30N2O4S/c1-10-8-7-9-16(11(10)2)22-18(24)13(4)26-20(25)17-12(3)14(5)27-19(17)21-15(6)23/h10-11,13,16H,7-9H2,1-6H3,(H,21,23)(H,22,24)/t10-,11-,13-,16-/m0/s1. The Balaban J connectivity index is 2.05. The normalized spacial score (nSPS) is 23.4. The molecular weight excluding hydrogens is 364 g/mol. The fraction of sp³-hybridized carbons (Fsp3) is 0.650. The highest BCUT2D eigenvalue weighted by Crippen LogP contribution is 2.33. The van der Waals surface area contributed by atoms with E-state index in [1.165, 1.54) is 24.7 Å². The first-order chi connectivity index (χ1) is 12.6. The lowest BCUT2D eigenvalue weighted by molar-refractivity contribution is -0.130. The Morgan fingerprint density at radius 2 is 1.85 bits per heavy atom. The molecule has 0 aromatic carbocycles. The summed E-state index contributed by atoms with van der Waals surface area (Å²) in [5, 5.41) is 6.17. The van der Waals surface area contributed by atoms with Gasteiger partial charge in [0.05, 0.1) is 5.56 Å². The number of nitrogens with one attached hydrogen (secondary N) is 2. The van der Waals surface area contributed by atoms with Gasteiger partial charge in [0.2, 0.25) is 5.91 Å². The third kappa shape index (κ3) is 5.09. The zero-order valence-corrected chi connectivity index (χ0v) is 17.8.